The van der Waals surface area contributed by atoms with Crippen molar-refractivity contribution in [2.24, 2.45) is 5.73 Å². The first-order valence-electron chi connectivity index (χ1n) is 5.39. The van der Waals surface area contributed by atoms with E-state index in [4.69, 9.17) is 10.8 Å². The van der Waals surface area contributed by atoms with Gasteiger partial charge >= 0.3 is 0 Å². The lowest BCUT2D eigenvalue weighted by atomic mass is 10.2. The van der Waals surface area contributed by atoms with E-state index < -0.39 is 0 Å². The van der Waals surface area contributed by atoms with Gasteiger partial charge in [0.05, 0.1) is 6.61 Å². The minimum absolute atomic E-state index is 0.0469. The Morgan fingerprint density at radius 3 is 2.53 bits per heavy atom. The molecule has 1 aromatic carbocycles. The Kier molecular flexibility index (Phi) is 5.32. The summed E-state index contributed by atoms with van der Waals surface area (Å²) in [6.07, 6.45) is 0. The molecule has 0 aliphatic heterocycles. The SMILES string of the molecule is CCN(Cc1ccccc1)CC(N)CO. The molecule has 3 nitrogen and oxygen atoms in total. The molecule has 0 spiro atoms. The average molecular weight is 208 g/mol. The van der Waals surface area contributed by atoms with Gasteiger partial charge in [-0.1, -0.05) is 37.3 Å². The van der Waals surface area contributed by atoms with Gasteiger partial charge in [0.1, 0.15) is 0 Å². The zero-order valence-corrected chi connectivity index (χ0v) is 9.26. The van der Waals surface area contributed by atoms with Crippen molar-refractivity contribution in [1.29, 1.82) is 0 Å². The Labute approximate surface area is 91.5 Å². The van der Waals surface area contributed by atoms with Gasteiger partial charge in [-0.2, -0.15) is 0 Å². The van der Waals surface area contributed by atoms with E-state index >= 15 is 0 Å². The maximum atomic E-state index is 8.89. The van der Waals surface area contributed by atoms with Crippen LogP contribution in [-0.2, 0) is 6.54 Å². The van der Waals surface area contributed by atoms with Gasteiger partial charge in [0, 0.05) is 19.1 Å². The van der Waals surface area contributed by atoms with Gasteiger partial charge < -0.3 is 10.8 Å². The summed E-state index contributed by atoms with van der Waals surface area (Å²) in [5.41, 5.74) is 6.99. The molecule has 0 heterocycles. The van der Waals surface area contributed by atoms with Gasteiger partial charge in [-0.15, -0.1) is 0 Å². The highest BCUT2D eigenvalue weighted by Crippen LogP contribution is 2.04. The van der Waals surface area contributed by atoms with Crippen LogP contribution in [0.2, 0.25) is 0 Å². The second kappa shape index (κ2) is 6.56. The van der Waals surface area contributed by atoms with Crippen molar-refractivity contribution in [2.75, 3.05) is 19.7 Å². The topological polar surface area (TPSA) is 49.5 Å². The van der Waals surface area contributed by atoms with Crippen LogP contribution in [0.4, 0.5) is 0 Å². The molecule has 15 heavy (non-hydrogen) atoms. The van der Waals surface area contributed by atoms with Gasteiger partial charge in [0.15, 0.2) is 0 Å². The van der Waals surface area contributed by atoms with E-state index in [0.717, 1.165) is 19.6 Å². The van der Waals surface area contributed by atoms with E-state index in [2.05, 4.69) is 24.0 Å². The monoisotopic (exact) mass is 208 g/mol. The molecule has 0 bridgehead atoms. The Bertz CT molecular complexity index is 264. The Balaban J connectivity index is 2.47. The van der Waals surface area contributed by atoms with Gasteiger partial charge in [0.2, 0.25) is 0 Å². The number of aliphatic hydroxyl groups excluding tert-OH is 1. The Morgan fingerprint density at radius 2 is 2.00 bits per heavy atom. The van der Waals surface area contributed by atoms with E-state index in [1.807, 2.05) is 18.2 Å². The van der Waals surface area contributed by atoms with E-state index in [1.165, 1.54) is 5.56 Å². The second-order valence-electron chi connectivity index (χ2n) is 3.76. The lowest BCUT2D eigenvalue weighted by molar-refractivity contribution is 0.202. The Hall–Kier alpha value is -0.900. The number of rotatable bonds is 6. The van der Waals surface area contributed by atoms with E-state index in [9.17, 15) is 0 Å². The number of benzene rings is 1. The molecule has 0 saturated heterocycles. The summed E-state index contributed by atoms with van der Waals surface area (Å²) in [6.45, 7) is 4.73. The second-order valence-corrected chi connectivity index (χ2v) is 3.76. The molecule has 1 atom stereocenters. The highest BCUT2D eigenvalue weighted by atomic mass is 16.3. The summed E-state index contributed by atoms with van der Waals surface area (Å²) in [4.78, 5) is 2.23. The van der Waals surface area contributed by atoms with E-state index in [-0.39, 0.29) is 12.6 Å². The molecule has 84 valence electrons. The van der Waals surface area contributed by atoms with Crippen molar-refractivity contribution in [1.82, 2.24) is 4.90 Å². The maximum Gasteiger partial charge on any atom is 0.0595 e. The quantitative estimate of drug-likeness (QED) is 0.728. The van der Waals surface area contributed by atoms with Crippen LogP contribution in [-0.4, -0.2) is 35.7 Å². The molecule has 0 fully saturated rings. The van der Waals surface area contributed by atoms with E-state index in [0.29, 0.717) is 0 Å². The fourth-order valence-corrected chi connectivity index (χ4v) is 1.54. The van der Waals surface area contributed by atoms with Crippen LogP contribution in [0.25, 0.3) is 0 Å². The number of nitrogens with two attached hydrogens (primary N) is 1. The van der Waals surface area contributed by atoms with E-state index in [1.54, 1.807) is 0 Å². The van der Waals surface area contributed by atoms with Crippen molar-refractivity contribution in [3.05, 3.63) is 35.9 Å². The molecule has 3 heteroatoms. The van der Waals surface area contributed by atoms with Crippen LogP contribution < -0.4 is 5.73 Å². The summed E-state index contributed by atoms with van der Waals surface area (Å²) in [5, 5.41) is 8.89. The number of hydrogen-bond donors (Lipinski definition) is 2. The first-order chi connectivity index (χ1) is 7.26. The van der Waals surface area contributed by atoms with Crippen molar-refractivity contribution in [3.63, 3.8) is 0 Å². The molecule has 1 rings (SSSR count). The third-order valence-electron chi connectivity index (χ3n) is 2.42. The number of nitrogens with zero attached hydrogens (tertiary/aromatic N) is 1. The fourth-order valence-electron chi connectivity index (χ4n) is 1.54. The highest BCUT2D eigenvalue weighted by molar-refractivity contribution is 5.14. The number of likely N-dealkylation sites (N-methyl/N-ethyl adjacent to an activating group) is 1. The molecule has 0 radical (unpaired) electrons. The predicted molar refractivity (Wildman–Crippen MR) is 62.5 cm³/mol. The first kappa shape index (κ1) is 12.2. The average Bonchev–Trinajstić information content (AvgIpc) is 2.29. The molecule has 0 aliphatic rings. The van der Waals surface area contributed by atoms with Crippen LogP contribution in [0.15, 0.2) is 30.3 Å². The van der Waals surface area contributed by atoms with Crippen LogP contribution >= 0.6 is 0 Å². The lowest BCUT2D eigenvalue weighted by Crippen LogP contribution is -2.39. The van der Waals surface area contributed by atoms with Crippen molar-refractivity contribution in [2.45, 2.75) is 19.5 Å². The maximum absolute atomic E-state index is 8.89. The van der Waals surface area contributed by atoms with Gasteiger partial charge in [-0.3, -0.25) is 4.90 Å². The smallest absolute Gasteiger partial charge is 0.0595 e. The first-order valence-corrected chi connectivity index (χ1v) is 5.39. The summed E-state index contributed by atoms with van der Waals surface area (Å²) in [5.74, 6) is 0. The number of aliphatic hydroxyl groups is 1. The predicted octanol–water partition coefficient (Wildman–Crippen LogP) is 0.828. The highest BCUT2D eigenvalue weighted by Gasteiger charge is 2.08. The molecule has 0 aliphatic carbocycles. The van der Waals surface area contributed by atoms with Crippen LogP contribution in [0.5, 0.6) is 0 Å². The lowest BCUT2D eigenvalue weighted by Gasteiger charge is -2.23. The third-order valence-corrected chi connectivity index (χ3v) is 2.42. The van der Waals surface area contributed by atoms with Gasteiger partial charge in [0.25, 0.3) is 0 Å². The van der Waals surface area contributed by atoms with Crippen LogP contribution in [0, 0.1) is 0 Å². The minimum atomic E-state index is -0.145. The molecular weight excluding hydrogens is 188 g/mol. The molecule has 3 N–H and O–H groups in total. The number of hydrogen-bond acceptors (Lipinski definition) is 3. The molecular formula is C12H20N2O. The summed E-state index contributed by atoms with van der Waals surface area (Å²) < 4.78 is 0. The zero-order chi connectivity index (χ0) is 11.1. The third kappa shape index (κ3) is 4.42. The molecule has 1 aromatic rings. The zero-order valence-electron chi connectivity index (χ0n) is 9.26. The van der Waals surface area contributed by atoms with Crippen molar-refractivity contribution >= 4 is 0 Å². The van der Waals surface area contributed by atoms with Crippen LogP contribution in [0.1, 0.15) is 12.5 Å². The largest absolute Gasteiger partial charge is 0.395 e. The molecule has 0 saturated carbocycles. The molecule has 1 unspecified atom stereocenters. The van der Waals surface area contributed by atoms with Crippen molar-refractivity contribution < 1.29 is 5.11 Å². The van der Waals surface area contributed by atoms with Crippen molar-refractivity contribution in [3.8, 4) is 0 Å². The minimum Gasteiger partial charge on any atom is -0.395 e. The van der Waals surface area contributed by atoms with Crippen LogP contribution in [0.3, 0.4) is 0 Å². The van der Waals surface area contributed by atoms with Gasteiger partial charge in [-0.25, -0.2) is 0 Å². The molecule has 0 aromatic heterocycles. The summed E-state index contributed by atoms with van der Waals surface area (Å²) in [6, 6.07) is 10.2. The normalized spacial score (nSPS) is 13.1. The fraction of sp³-hybridized carbons (Fsp3) is 0.500. The molecule has 0 amide bonds. The summed E-state index contributed by atoms with van der Waals surface area (Å²) >= 11 is 0. The summed E-state index contributed by atoms with van der Waals surface area (Å²) in [7, 11) is 0. The Morgan fingerprint density at radius 1 is 1.33 bits per heavy atom. The van der Waals surface area contributed by atoms with Gasteiger partial charge in [-0.05, 0) is 12.1 Å². The standard InChI is InChI=1S/C12H20N2O/c1-2-14(9-12(13)10-15)8-11-6-4-3-5-7-11/h3-7,12,15H,2,8-10,13H2,1H3.